The second-order valence-corrected chi connectivity index (χ2v) is 4.67. The standard InChI is InChI=1S/C15H22N2O2/c1-4-15(18,5-2)11-17-10-13-8-12(9-16)6-7-14(13)19-3/h6-8,17-18H,4-5,10-11H2,1-3H3. The lowest BCUT2D eigenvalue weighted by molar-refractivity contribution is 0.0322. The van der Waals surface area contributed by atoms with Gasteiger partial charge in [-0.1, -0.05) is 13.8 Å². The molecule has 4 heteroatoms. The Morgan fingerprint density at radius 2 is 2.05 bits per heavy atom. The largest absolute Gasteiger partial charge is 0.496 e. The molecule has 0 saturated carbocycles. The molecule has 0 radical (unpaired) electrons. The van der Waals surface area contributed by atoms with Crippen LogP contribution in [0.15, 0.2) is 18.2 Å². The fourth-order valence-electron chi connectivity index (χ4n) is 1.92. The van der Waals surface area contributed by atoms with Crippen LogP contribution in [0.5, 0.6) is 5.75 Å². The van der Waals surface area contributed by atoms with E-state index in [0.717, 1.165) is 11.3 Å². The molecule has 1 aromatic carbocycles. The van der Waals surface area contributed by atoms with E-state index in [1.165, 1.54) is 0 Å². The summed E-state index contributed by atoms with van der Waals surface area (Å²) in [5.74, 6) is 0.753. The Balaban J connectivity index is 2.69. The minimum Gasteiger partial charge on any atom is -0.496 e. The molecule has 0 atom stereocenters. The van der Waals surface area contributed by atoms with Gasteiger partial charge in [0.15, 0.2) is 0 Å². The Kier molecular flexibility index (Phi) is 5.81. The minimum absolute atomic E-state index is 0.528. The summed E-state index contributed by atoms with van der Waals surface area (Å²) in [7, 11) is 1.61. The lowest BCUT2D eigenvalue weighted by atomic mass is 9.97. The number of benzene rings is 1. The highest BCUT2D eigenvalue weighted by atomic mass is 16.5. The van der Waals surface area contributed by atoms with E-state index in [-0.39, 0.29) is 0 Å². The van der Waals surface area contributed by atoms with Crippen LogP contribution >= 0.6 is 0 Å². The van der Waals surface area contributed by atoms with Gasteiger partial charge in [0.2, 0.25) is 0 Å². The Morgan fingerprint density at radius 1 is 1.37 bits per heavy atom. The maximum atomic E-state index is 10.2. The van der Waals surface area contributed by atoms with Crippen LogP contribution in [0, 0.1) is 11.3 Å². The van der Waals surface area contributed by atoms with Gasteiger partial charge < -0.3 is 15.2 Å². The number of ether oxygens (including phenoxy) is 1. The van der Waals surface area contributed by atoms with Crippen LogP contribution in [0.3, 0.4) is 0 Å². The quantitative estimate of drug-likeness (QED) is 0.790. The number of nitrogens with zero attached hydrogens (tertiary/aromatic N) is 1. The molecule has 0 saturated heterocycles. The summed E-state index contributed by atoms with van der Waals surface area (Å²) >= 11 is 0. The summed E-state index contributed by atoms with van der Waals surface area (Å²) in [6.07, 6.45) is 1.43. The average molecular weight is 262 g/mol. The molecule has 2 N–H and O–H groups in total. The first-order chi connectivity index (χ1) is 9.08. The molecule has 0 spiro atoms. The second-order valence-electron chi connectivity index (χ2n) is 4.67. The van der Waals surface area contributed by atoms with E-state index in [1.807, 2.05) is 19.9 Å². The molecule has 0 amide bonds. The van der Waals surface area contributed by atoms with Crippen molar-refractivity contribution in [3.05, 3.63) is 29.3 Å². The van der Waals surface area contributed by atoms with E-state index in [1.54, 1.807) is 19.2 Å². The molecular formula is C15H22N2O2. The highest BCUT2D eigenvalue weighted by Crippen LogP contribution is 2.20. The van der Waals surface area contributed by atoms with Crippen LogP contribution in [-0.2, 0) is 6.54 Å². The van der Waals surface area contributed by atoms with Crippen molar-refractivity contribution < 1.29 is 9.84 Å². The minimum atomic E-state index is -0.667. The summed E-state index contributed by atoms with van der Waals surface area (Å²) in [5.41, 5.74) is 0.870. The Bertz CT molecular complexity index is 448. The van der Waals surface area contributed by atoms with Gasteiger partial charge in [-0.3, -0.25) is 0 Å². The van der Waals surface area contributed by atoms with Crippen molar-refractivity contribution in [3.63, 3.8) is 0 Å². The molecular weight excluding hydrogens is 240 g/mol. The molecule has 0 aromatic heterocycles. The molecule has 4 nitrogen and oxygen atoms in total. The molecule has 0 aliphatic heterocycles. The zero-order valence-electron chi connectivity index (χ0n) is 11.9. The van der Waals surface area contributed by atoms with Crippen LogP contribution in [0.1, 0.15) is 37.8 Å². The maximum Gasteiger partial charge on any atom is 0.123 e. The number of rotatable bonds is 7. The van der Waals surface area contributed by atoms with Gasteiger partial charge in [-0.05, 0) is 31.0 Å². The molecule has 1 aromatic rings. The molecule has 0 fully saturated rings. The van der Waals surface area contributed by atoms with Gasteiger partial charge in [-0.25, -0.2) is 0 Å². The second kappa shape index (κ2) is 7.13. The van der Waals surface area contributed by atoms with Crippen LogP contribution < -0.4 is 10.1 Å². The zero-order valence-corrected chi connectivity index (χ0v) is 11.9. The summed E-state index contributed by atoms with van der Waals surface area (Å²) in [6, 6.07) is 7.45. The molecule has 0 heterocycles. The lowest BCUT2D eigenvalue weighted by Gasteiger charge is -2.25. The summed E-state index contributed by atoms with van der Waals surface area (Å²) in [4.78, 5) is 0. The monoisotopic (exact) mass is 262 g/mol. The fourth-order valence-corrected chi connectivity index (χ4v) is 1.92. The first-order valence-corrected chi connectivity index (χ1v) is 6.58. The van der Waals surface area contributed by atoms with E-state index in [0.29, 0.717) is 31.5 Å². The van der Waals surface area contributed by atoms with Crippen LogP contribution in [0.25, 0.3) is 0 Å². The Hall–Kier alpha value is -1.57. The van der Waals surface area contributed by atoms with E-state index in [9.17, 15) is 5.11 Å². The SMILES string of the molecule is CCC(O)(CC)CNCc1cc(C#N)ccc1OC. The predicted octanol–water partition coefficient (Wildman–Crippen LogP) is 2.21. The highest BCUT2D eigenvalue weighted by Gasteiger charge is 2.21. The first kappa shape index (κ1) is 15.5. The Labute approximate surface area is 115 Å². The topological polar surface area (TPSA) is 65.3 Å². The summed E-state index contributed by atoms with van der Waals surface area (Å²) in [5, 5.41) is 22.3. The predicted molar refractivity (Wildman–Crippen MR) is 74.9 cm³/mol. The van der Waals surface area contributed by atoms with Crippen molar-refractivity contribution in [2.45, 2.75) is 38.8 Å². The van der Waals surface area contributed by atoms with Gasteiger partial charge in [0, 0.05) is 18.7 Å². The third-order valence-corrected chi connectivity index (χ3v) is 3.50. The van der Waals surface area contributed by atoms with Gasteiger partial charge >= 0.3 is 0 Å². The summed E-state index contributed by atoms with van der Waals surface area (Å²) < 4.78 is 5.27. The molecule has 19 heavy (non-hydrogen) atoms. The average Bonchev–Trinajstić information content (AvgIpc) is 2.46. The van der Waals surface area contributed by atoms with Crippen molar-refractivity contribution in [1.82, 2.24) is 5.32 Å². The fraction of sp³-hybridized carbons (Fsp3) is 0.533. The smallest absolute Gasteiger partial charge is 0.123 e. The van der Waals surface area contributed by atoms with E-state index < -0.39 is 5.60 Å². The van der Waals surface area contributed by atoms with Crippen molar-refractivity contribution in [2.75, 3.05) is 13.7 Å². The van der Waals surface area contributed by atoms with Crippen LogP contribution in [-0.4, -0.2) is 24.4 Å². The third kappa shape index (κ3) is 4.23. The van der Waals surface area contributed by atoms with Crippen LogP contribution in [0.4, 0.5) is 0 Å². The van der Waals surface area contributed by atoms with E-state index >= 15 is 0 Å². The molecule has 104 valence electrons. The zero-order chi connectivity index (χ0) is 14.3. The molecule has 0 unspecified atom stereocenters. The lowest BCUT2D eigenvalue weighted by Crippen LogP contribution is -2.39. The van der Waals surface area contributed by atoms with Gasteiger partial charge in [0.05, 0.1) is 24.3 Å². The van der Waals surface area contributed by atoms with Gasteiger partial charge in [-0.15, -0.1) is 0 Å². The number of hydrogen-bond donors (Lipinski definition) is 2. The molecule has 0 bridgehead atoms. The van der Waals surface area contributed by atoms with E-state index in [2.05, 4.69) is 11.4 Å². The number of aliphatic hydroxyl groups is 1. The molecule has 0 aliphatic carbocycles. The summed E-state index contributed by atoms with van der Waals surface area (Å²) in [6.45, 7) is 5.05. The van der Waals surface area contributed by atoms with Crippen molar-refractivity contribution in [1.29, 1.82) is 5.26 Å². The Morgan fingerprint density at radius 3 is 2.58 bits per heavy atom. The maximum absolute atomic E-state index is 10.2. The number of nitriles is 1. The normalized spacial score (nSPS) is 11.1. The van der Waals surface area contributed by atoms with E-state index in [4.69, 9.17) is 10.00 Å². The van der Waals surface area contributed by atoms with Gasteiger partial charge in [-0.2, -0.15) is 5.26 Å². The molecule has 0 aliphatic rings. The van der Waals surface area contributed by atoms with Gasteiger partial charge in [0.25, 0.3) is 0 Å². The number of hydrogen-bond acceptors (Lipinski definition) is 4. The number of methoxy groups -OCH3 is 1. The van der Waals surface area contributed by atoms with Crippen molar-refractivity contribution in [3.8, 4) is 11.8 Å². The van der Waals surface area contributed by atoms with Crippen molar-refractivity contribution >= 4 is 0 Å². The van der Waals surface area contributed by atoms with Crippen molar-refractivity contribution in [2.24, 2.45) is 0 Å². The molecule has 1 rings (SSSR count). The third-order valence-electron chi connectivity index (χ3n) is 3.50. The first-order valence-electron chi connectivity index (χ1n) is 6.58. The van der Waals surface area contributed by atoms with Gasteiger partial charge in [0.1, 0.15) is 5.75 Å². The number of nitrogens with one attached hydrogen (secondary N) is 1. The highest BCUT2D eigenvalue weighted by molar-refractivity contribution is 5.41. The van der Waals surface area contributed by atoms with Crippen LogP contribution in [0.2, 0.25) is 0 Å².